The van der Waals surface area contributed by atoms with Gasteiger partial charge >= 0.3 is 0 Å². The van der Waals surface area contributed by atoms with E-state index in [1.54, 1.807) is 0 Å². The molecule has 0 saturated carbocycles. The smallest absolute Gasteiger partial charge is 0.234 e. The molecule has 1 amide bonds. The van der Waals surface area contributed by atoms with Crippen molar-refractivity contribution in [2.24, 2.45) is 0 Å². The van der Waals surface area contributed by atoms with Crippen LogP contribution in [-0.4, -0.2) is 40.5 Å². The van der Waals surface area contributed by atoms with Gasteiger partial charge in [0.15, 0.2) is 16.7 Å². The zero-order valence-corrected chi connectivity index (χ0v) is 15.6. The van der Waals surface area contributed by atoms with Crippen molar-refractivity contribution in [1.29, 1.82) is 0 Å². The summed E-state index contributed by atoms with van der Waals surface area (Å²) in [5.74, 6) is 3.81. The maximum Gasteiger partial charge on any atom is 0.234 e. The molecule has 7 heteroatoms. The van der Waals surface area contributed by atoms with E-state index in [9.17, 15) is 4.79 Å². The van der Waals surface area contributed by atoms with Crippen molar-refractivity contribution < 1.29 is 14.3 Å². The highest BCUT2D eigenvalue weighted by molar-refractivity contribution is 8.00. The van der Waals surface area contributed by atoms with Gasteiger partial charge in [-0.25, -0.2) is 4.98 Å². The van der Waals surface area contributed by atoms with E-state index in [0.717, 1.165) is 34.5 Å². The molecule has 26 heavy (non-hydrogen) atoms. The molecule has 0 aliphatic carbocycles. The van der Waals surface area contributed by atoms with Crippen LogP contribution in [0.4, 0.5) is 0 Å². The molecule has 3 rings (SSSR count). The lowest BCUT2D eigenvalue weighted by Crippen LogP contribution is -2.31. The number of rotatable bonds is 6. The summed E-state index contributed by atoms with van der Waals surface area (Å²) in [5.41, 5.74) is 1.98. The number of carbonyl (C=O) groups excluding carboxylic acids is 1. The number of aromatic nitrogens is 2. The molecule has 1 N–H and O–H groups in total. The highest BCUT2D eigenvalue weighted by atomic mass is 32.2. The Hall–Kier alpha value is -2.59. The fraction of sp³-hybridized carbons (Fsp3) is 0.368. The predicted molar refractivity (Wildman–Crippen MR) is 101 cm³/mol. The van der Waals surface area contributed by atoms with Crippen molar-refractivity contribution in [3.8, 4) is 35.1 Å². The van der Waals surface area contributed by atoms with E-state index in [2.05, 4.69) is 27.7 Å². The molecule has 0 bridgehead atoms. The summed E-state index contributed by atoms with van der Waals surface area (Å²) in [4.78, 5) is 16.6. The number of nitrogens with one attached hydrogen (secondary N) is 1. The molecule has 1 aliphatic heterocycles. The number of hydrogen-bond donors (Lipinski definition) is 1. The Morgan fingerprint density at radius 1 is 1.42 bits per heavy atom. The minimum atomic E-state index is -0.288. The number of nitrogens with zero attached hydrogens (tertiary/aromatic N) is 2. The van der Waals surface area contributed by atoms with E-state index in [1.165, 1.54) is 11.8 Å². The third-order valence-corrected chi connectivity index (χ3v) is 5.09. The minimum Gasteiger partial charge on any atom is -0.486 e. The first kappa shape index (κ1) is 18.2. The van der Waals surface area contributed by atoms with Crippen LogP contribution in [0, 0.1) is 12.3 Å². The fourth-order valence-corrected chi connectivity index (χ4v) is 3.66. The average molecular weight is 371 g/mol. The lowest BCUT2D eigenvalue weighted by atomic mass is 10.1. The Bertz CT molecular complexity index is 841. The molecule has 1 aromatic carbocycles. The molecule has 6 nitrogen and oxygen atoms in total. The van der Waals surface area contributed by atoms with Gasteiger partial charge in [-0.05, 0) is 32.0 Å². The van der Waals surface area contributed by atoms with Crippen LogP contribution >= 0.6 is 11.8 Å². The van der Waals surface area contributed by atoms with Crippen LogP contribution in [0.2, 0.25) is 0 Å². The molecule has 1 atom stereocenters. The topological polar surface area (TPSA) is 65.4 Å². The molecule has 1 aromatic heterocycles. The van der Waals surface area contributed by atoms with Crippen LogP contribution in [0.25, 0.3) is 11.3 Å². The largest absolute Gasteiger partial charge is 0.486 e. The van der Waals surface area contributed by atoms with Gasteiger partial charge in [-0.15, -0.1) is 6.42 Å². The maximum atomic E-state index is 12.0. The third kappa shape index (κ3) is 3.81. The van der Waals surface area contributed by atoms with E-state index in [0.29, 0.717) is 13.2 Å². The summed E-state index contributed by atoms with van der Waals surface area (Å²) in [6.07, 6.45) is 7.01. The lowest BCUT2D eigenvalue weighted by molar-refractivity contribution is -0.120. The number of thioether (sulfide) groups is 1. The van der Waals surface area contributed by atoms with E-state index >= 15 is 0 Å². The number of terminal acetylenes is 1. The number of ether oxygens (including phenoxy) is 2. The summed E-state index contributed by atoms with van der Waals surface area (Å²) in [7, 11) is 0. The quantitative estimate of drug-likeness (QED) is 0.625. The molecule has 0 radical (unpaired) electrons. The van der Waals surface area contributed by atoms with Crippen LogP contribution in [0.15, 0.2) is 29.6 Å². The zero-order valence-electron chi connectivity index (χ0n) is 14.8. The summed E-state index contributed by atoms with van der Waals surface area (Å²) in [6, 6.07) is 5.88. The van der Waals surface area contributed by atoms with Crippen molar-refractivity contribution >= 4 is 17.7 Å². The van der Waals surface area contributed by atoms with Gasteiger partial charge in [0.05, 0.1) is 23.7 Å². The molecule has 2 aromatic rings. The monoisotopic (exact) mass is 371 g/mol. The molecule has 1 aliphatic rings. The van der Waals surface area contributed by atoms with Gasteiger partial charge in [0.1, 0.15) is 13.2 Å². The van der Waals surface area contributed by atoms with Gasteiger partial charge in [0.25, 0.3) is 0 Å². The normalized spacial score (nSPS) is 13.7. The van der Waals surface area contributed by atoms with Gasteiger partial charge in [-0.3, -0.25) is 4.79 Å². The summed E-state index contributed by atoms with van der Waals surface area (Å²) >= 11 is 1.41. The molecule has 136 valence electrons. The van der Waals surface area contributed by atoms with Gasteiger partial charge in [0, 0.05) is 12.1 Å². The van der Waals surface area contributed by atoms with Crippen molar-refractivity contribution in [3.63, 3.8) is 0 Å². The maximum absolute atomic E-state index is 12.0. The molecule has 2 heterocycles. The van der Waals surface area contributed by atoms with Crippen LogP contribution in [0.3, 0.4) is 0 Å². The second-order valence-electron chi connectivity index (χ2n) is 5.71. The Morgan fingerprint density at radius 2 is 2.19 bits per heavy atom. The molecule has 1 unspecified atom stereocenters. The molecular formula is C19H21N3O3S. The number of benzene rings is 1. The van der Waals surface area contributed by atoms with Crippen molar-refractivity contribution in [2.45, 2.75) is 30.8 Å². The van der Waals surface area contributed by atoms with Crippen molar-refractivity contribution in [3.05, 3.63) is 24.4 Å². The Morgan fingerprint density at radius 3 is 2.92 bits per heavy atom. The van der Waals surface area contributed by atoms with Gasteiger partial charge < -0.3 is 19.4 Å². The lowest BCUT2D eigenvalue weighted by Gasteiger charge is -2.19. The average Bonchev–Trinajstić information content (AvgIpc) is 3.08. The third-order valence-electron chi connectivity index (χ3n) is 3.99. The summed E-state index contributed by atoms with van der Waals surface area (Å²) in [6.45, 7) is 5.99. The minimum absolute atomic E-state index is 0.0977. The fourth-order valence-electron chi connectivity index (χ4n) is 2.69. The highest BCUT2D eigenvalue weighted by Crippen LogP contribution is 2.36. The second kappa shape index (κ2) is 8.19. The molecule has 0 spiro atoms. The van der Waals surface area contributed by atoms with E-state index in [1.807, 2.05) is 31.3 Å². The summed E-state index contributed by atoms with van der Waals surface area (Å²) in [5, 5.41) is 3.20. The molecule has 0 saturated heterocycles. The van der Waals surface area contributed by atoms with Gasteiger partial charge in [-0.1, -0.05) is 17.7 Å². The van der Waals surface area contributed by atoms with E-state index < -0.39 is 0 Å². The number of fused-ring (bicyclic) bond motifs is 1. The van der Waals surface area contributed by atoms with Gasteiger partial charge in [0.2, 0.25) is 5.91 Å². The summed E-state index contributed by atoms with van der Waals surface area (Å²) < 4.78 is 13.3. The first-order chi connectivity index (χ1) is 12.6. The SMILES string of the molecule is C#CCNC(=O)C(C)Sc1ncc(-c2ccc3c(c2)OCCO3)n1CC. The van der Waals surface area contributed by atoms with Crippen LogP contribution in [-0.2, 0) is 11.3 Å². The Kier molecular flexibility index (Phi) is 5.74. The first-order valence-corrected chi connectivity index (χ1v) is 9.35. The molecule has 0 fully saturated rings. The van der Waals surface area contributed by atoms with E-state index in [-0.39, 0.29) is 17.7 Å². The Labute approximate surface area is 157 Å². The number of imidazole rings is 1. The van der Waals surface area contributed by atoms with Crippen LogP contribution < -0.4 is 14.8 Å². The molecular weight excluding hydrogens is 350 g/mol. The van der Waals surface area contributed by atoms with Crippen LogP contribution in [0.1, 0.15) is 13.8 Å². The zero-order chi connectivity index (χ0) is 18.5. The highest BCUT2D eigenvalue weighted by Gasteiger charge is 2.20. The van der Waals surface area contributed by atoms with Crippen LogP contribution in [0.5, 0.6) is 11.5 Å². The second-order valence-corrected chi connectivity index (χ2v) is 7.02. The van der Waals surface area contributed by atoms with Crippen molar-refractivity contribution in [2.75, 3.05) is 19.8 Å². The number of amides is 1. The first-order valence-electron chi connectivity index (χ1n) is 8.47. The van der Waals surface area contributed by atoms with Gasteiger partial charge in [-0.2, -0.15) is 0 Å². The number of carbonyl (C=O) groups is 1. The predicted octanol–water partition coefficient (Wildman–Crippen LogP) is 2.57. The van der Waals surface area contributed by atoms with E-state index in [4.69, 9.17) is 15.9 Å². The standard InChI is InChI=1S/C19H21N3O3S/c1-4-8-20-18(23)13(3)26-19-21-12-15(22(19)5-2)14-6-7-16-17(11-14)25-10-9-24-16/h1,6-7,11-13H,5,8-10H2,2-3H3,(H,20,23). The Balaban J connectivity index is 1.82. The van der Waals surface area contributed by atoms with Crippen molar-refractivity contribution in [1.82, 2.24) is 14.9 Å². The number of hydrogen-bond acceptors (Lipinski definition) is 5.